The molecule has 0 radical (unpaired) electrons. The third-order valence-electron chi connectivity index (χ3n) is 5.18. The van der Waals surface area contributed by atoms with Crippen LogP contribution in [-0.4, -0.2) is 24.0 Å². The summed E-state index contributed by atoms with van der Waals surface area (Å²) >= 11 is 0. The van der Waals surface area contributed by atoms with Gasteiger partial charge in [0.05, 0.1) is 12.8 Å². The SMILES string of the molecule is CC(C)(C)C1CCN(Cc2occc2CNC2CC2)CC1. The van der Waals surface area contributed by atoms with E-state index in [9.17, 15) is 0 Å². The molecule has 1 aromatic rings. The minimum absolute atomic E-state index is 0.454. The van der Waals surface area contributed by atoms with Crippen LogP contribution in [0.1, 0.15) is 57.8 Å². The van der Waals surface area contributed by atoms with Gasteiger partial charge in [0.1, 0.15) is 5.76 Å². The Morgan fingerprint density at radius 2 is 1.90 bits per heavy atom. The van der Waals surface area contributed by atoms with Gasteiger partial charge >= 0.3 is 0 Å². The van der Waals surface area contributed by atoms with Crippen LogP contribution in [0.2, 0.25) is 0 Å². The predicted octanol–water partition coefficient (Wildman–Crippen LogP) is 3.79. The fraction of sp³-hybridized carbons (Fsp3) is 0.778. The molecule has 2 aliphatic rings. The van der Waals surface area contributed by atoms with Gasteiger partial charge in [-0.15, -0.1) is 0 Å². The Balaban J connectivity index is 1.49. The molecule has 3 rings (SSSR count). The summed E-state index contributed by atoms with van der Waals surface area (Å²) in [5.41, 5.74) is 1.80. The molecule has 0 unspecified atom stereocenters. The standard InChI is InChI=1S/C18H30N2O/c1-18(2,3)15-6-9-20(10-7-15)13-17-14(8-11-21-17)12-19-16-4-5-16/h8,11,15-16,19H,4-7,9-10,12-13H2,1-3H3. The molecule has 118 valence electrons. The molecule has 1 saturated carbocycles. The number of nitrogens with one attached hydrogen (secondary N) is 1. The van der Waals surface area contributed by atoms with E-state index in [-0.39, 0.29) is 0 Å². The van der Waals surface area contributed by atoms with Crippen LogP contribution in [0.3, 0.4) is 0 Å². The first-order chi connectivity index (χ1) is 10.0. The molecule has 1 aromatic heterocycles. The first kappa shape index (κ1) is 15.1. The molecule has 21 heavy (non-hydrogen) atoms. The maximum atomic E-state index is 5.73. The van der Waals surface area contributed by atoms with Gasteiger partial charge in [-0.1, -0.05) is 20.8 Å². The van der Waals surface area contributed by atoms with E-state index in [1.807, 2.05) is 6.26 Å². The molecular weight excluding hydrogens is 260 g/mol. The van der Waals surface area contributed by atoms with Crippen molar-refractivity contribution in [3.05, 3.63) is 23.7 Å². The van der Waals surface area contributed by atoms with Gasteiger partial charge in [0.2, 0.25) is 0 Å². The monoisotopic (exact) mass is 290 g/mol. The van der Waals surface area contributed by atoms with Gasteiger partial charge in [-0.3, -0.25) is 4.90 Å². The first-order valence-corrected chi connectivity index (χ1v) is 8.53. The van der Waals surface area contributed by atoms with Crippen LogP contribution in [-0.2, 0) is 13.1 Å². The third kappa shape index (κ3) is 4.10. The lowest BCUT2D eigenvalue weighted by molar-refractivity contribution is 0.103. The summed E-state index contributed by atoms with van der Waals surface area (Å²) in [5.74, 6) is 2.03. The molecule has 3 nitrogen and oxygen atoms in total. The number of piperidine rings is 1. The molecule has 0 amide bonds. The van der Waals surface area contributed by atoms with E-state index in [1.165, 1.54) is 44.3 Å². The molecule has 0 bridgehead atoms. The average molecular weight is 290 g/mol. The number of rotatable bonds is 5. The second kappa shape index (κ2) is 6.13. The zero-order valence-corrected chi connectivity index (χ0v) is 13.8. The number of hydrogen-bond acceptors (Lipinski definition) is 3. The van der Waals surface area contributed by atoms with Gasteiger partial charge in [-0.2, -0.15) is 0 Å². The van der Waals surface area contributed by atoms with Crippen molar-refractivity contribution in [3.8, 4) is 0 Å². The van der Waals surface area contributed by atoms with E-state index in [2.05, 4.69) is 37.1 Å². The normalized spacial score (nSPS) is 21.9. The van der Waals surface area contributed by atoms with E-state index in [0.29, 0.717) is 5.41 Å². The van der Waals surface area contributed by atoms with Crippen molar-refractivity contribution in [1.29, 1.82) is 0 Å². The quantitative estimate of drug-likeness (QED) is 0.894. The lowest BCUT2D eigenvalue weighted by Gasteiger charge is -2.38. The zero-order chi connectivity index (χ0) is 14.9. The van der Waals surface area contributed by atoms with Crippen molar-refractivity contribution in [1.82, 2.24) is 10.2 Å². The Hall–Kier alpha value is -0.800. The summed E-state index contributed by atoms with van der Waals surface area (Å²) in [4.78, 5) is 2.56. The summed E-state index contributed by atoms with van der Waals surface area (Å²) in [6, 6.07) is 2.89. The highest BCUT2D eigenvalue weighted by Gasteiger charge is 2.29. The van der Waals surface area contributed by atoms with Crippen LogP contribution in [0.25, 0.3) is 0 Å². The fourth-order valence-electron chi connectivity index (χ4n) is 3.37. The molecule has 2 heterocycles. The van der Waals surface area contributed by atoms with Gasteiger partial charge < -0.3 is 9.73 Å². The lowest BCUT2D eigenvalue weighted by atomic mass is 9.75. The van der Waals surface area contributed by atoms with E-state index < -0.39 is 0 Å². The lowest BCUT2D eigenvalue weighted by Crippen LogP contribution is -2.37. The van der Waals surface area contributed by atoms with Gasteiger partial charge in [0.25, 0.3) is 0 Å². The fourth-order valence-corrected chi connectivity index (χ4v) is 3.37. The molecule has 2 fully saturated rings. The Morgan fingerprint density at radius 3 is 2.52 bits per heavy atom. The summed E-state index contributed by atoms with van der Waals surface area (Å²) in [7, 11) is 0. The smallest absolute Gasteiger partial charge is 0.122 e. The van der Waals surface area contributed by atoms with Crippen LogP contribution in [0.4, 0.5) is 0 Å². The summed E-state index contributed by atoms with van der Waals surface area (Å²) in [6.45, 7) is 11.5. The van der Waals surface area contributed by atoms with E-state index in [1.54, 1.807) is 0 Å². The maximum Gasteiger partial charge on any atom is 0.122 e. The number of hydrogen-bond donors (Lipinski definition) is 1. The van der Waals surface area contributed by atoms with Crippen LogP contribution in [0, 0.1) is 11.3 Å². The van der Waals surface area contributed by atoms with E-state index in [4.69, 9.17) is 4.42 Å². The van der Waals surface area contributed by atoms with Crippen molar-refractivity contribution in [2.75, 3.05) is 13.1 Å². The number of likely N-dealkylation sites (tertiary alicyclic amines) is 1. The van der Waals surface area contributed by atoms with Crippen molar-refractivity contribution in [3.63, 3.8) is 0 Å². The number of nitrogens with zero attached hydrogens (tertiary/aromatic N) is 1. The Morgan fingerprint density at radius 1 is 1.19 bits per heavy atom. The Kier molecular flexibility index (Phi) is 4.41. The minimum atomic E-state index is 0.454. The molecule has 0 aromatic carbocycles. The predicted molar refractivity (Wildman–Crippen MR) is 86.0 cm³/mol. The summed E-state index contributed by atoms with van der Waals surface area (Å²) in [5, 5.41) is 3.59. The van der Waals surface area contributed by atoms with Crippen LogP contribution < -0.4 is 5.32 Å². The molecule has 1 aliphatic carbocycles. The van der Waals surface area contributed by atoms with E-state index in [0.717, 1.165) is 30.8 Å². The molecule has 0 spiro atoms. The topological polar surface area (TPSA) is 28.4 Å². The Bertz CT molecular complexity index is 448. The van der Waals surface area contributed by atoms with Crippen LogP contribution in [0.5, 0.6) is 0 Å². The molecule has 1 saturated heterocycles. The van der Waals surface area contributed by atoms with Crippen molar-refractivity contribution < 1.29 is 4.42 Å². The third-order valence-corrected chi connectivity index (χ3v) is 5.18. The largest absolute Gasteiger partial charge is 0.468 e. The number of furan rings is 1. The molecule has 0 atom stereocenters. The van der Waals surface area contributed by atoms with Gasteiger partial charge in [-0.25, -0.2) is 0 Å². The highest BCUT2D eigenvalue weighted by Crippen LogP contribution is 2.34. The Labute approximate surface area is 129 Å². The van der Waals surface area contributed by atoms with Gasteiger partial charge in [-0.05, 0) is 56.2 Å². The van der Waals surface area contributed by atoms with Crippen molar-refractivity contribution in [2.24, 2.45) is 11.3 Å². The molecule has 1 aliphatic heterocycles. The zero-order valence-electron chi connectivity index (χ0n) is 13.8. The maximum absolute atomic E-state index is 5.73. The molecular formula is C18H30N2O. The van der Waals surface area contributed by atoms with Crippen molar-refractivity contribution in [2.45, 2.75) is 65.6 Å². The highest BCUT2D eigenvalue weighted by molar-refractivity contribution is 5.17. The molecule has 1 N–H and O–H groups in total. The van der Waals surface area contributed by atoms with Crippen LogP contribution >= 0.6 is 0 Å². The average Bonchev–Trinajstić information content (AvgIpc) is 3.17. The van der Waals surface area contributed by atoms with Gasteiger partial charge in [0.15, 0.2) is 0 Å². The van der Waals surface area contributed by atoms with Crippen LogP contribution in [0.15, 0.2) is 16.7 Å². The van der Waals surface area contributed by atoms with Gasteiger partial charge in [0, 0.05) is 18.2 Å². The summed E-state index contributed by atoms with van der Waals surface area (Å²) in [6.07, 6.45) is 7.17. The highest BCUT2D eigenvalue weighted by atomic mass is 16.3. The second-order valence-electron chi connectivity index (χ2n) is 7.94. The van der Waals surface area contributed by atoms with E-state index >= 15 is 0 Å². The second-order valence-corrected chi connectivity index (χ2v) is 7.94. The summed E-state index contributed by atoms with van der Waals surface area (Å²) < 4.78 is 5.73. The first-order valence-electron chi connectivity index (χ1n) is 8.53. The minimum Gasteiger partial charge on any atom is -0.468 e. The van der Waals surface area contributed by atoms with Crippen molar-refractivity contribution >= 4 is 0 Å². The molecule has 3 heteroatoms.